The molecule has 1 nitrogen and oxygen atoms in total. The van der Waals surface area contributed by atoms with Gasteiger partial charge in [0.2, 0.25) is 0 Å². The smallest absolute Gasteiger partial charge is 0.137 e. The first-order valence-corrected chi connectivity index (χ1v) is 7.50. The molecule has 0 spiro atoms. The maximum atomic E-state index is 13.4. The van der Waals surface area contributed by atoms with Crippen LogP contribution in [0.2, 0.25) is 5.02 Å². The maximum absolute atomic E-state index is 13.4. The topological polar surface area (TPSA) is 12.0 Å². The second-order valence-electron chi connectivity index (χ2n) is 4.85. The van der Waals surface area contributed by atoms with Crippen LogP contribution in [0.5, 0.6) is 0 Å². The third kappa shape index (κ3) is 3.05. The van der Waals surface area contributed by atoms with Crippen LogP contribution in [0.4, 0.5) is 4.39 Å². The number of benzene rings is 2. The molecule has 0 saturated heterocycles. The van der Waals surface area contributed by atoms with Gasteiger partial charge in [-0.2, -0.15) is 0 Å². The third-order valence-electron chi connectivity index (χ3n) is 3.42. The van der Waals surface area contributed by atoms with Gasteiger partial charge in [0, 0.05) is 5.02 Å². The van der Waals surface area contributed by atoms with Gasteiger partial charge in [0.05, 0.1) is 10.5 Å². The Morgan fingerprint density at radius 2 is 1.85 bits per heavy atom. The van der Waals surface area contributed by atoms with E-state index in [-0.39, 0.29) is 11.9 Å². The number of hydrogen-bond donors (Lipinski definition) is 1. The van der Waals surface area contributed by atoms with Crippen molar-refractivity contribution < 1.29 is 4.39 Å². The lowest BCUT2D eigenvalue weighted by molar-refractivity contribution is 0.616. The van der Waals surface area contributed by atoms with Gasteiger partial charge in [-0.3, -0.25) is 0 Å². The average molecular weight is 357 g/mol. The number of aryl methyl sites for hydroxylation is 2. The van der Waals surface area contributed by atoms with Crippen LogP contribution in [0.25, 0.3) is 0 Å². The van der Waals surface area contributed by atoms with Crippen molar-refractivity contribution in [1.29, 1.82) is 0 Å². The fraction of sp³-hybridized carbons (Fsp3) is 0.250. The third-order valence-corrected chi connectivity index (χ3v) is 4.44. The van der Waals surface area contributed by atoms with E-state index in [1.54, 1.807) is 12.1 Å². The van der Waals surface area contributed by atoms with Crippen LogP contribution in [0, 0.1) is 19.7 Å². The van der Waals surface area contributed by atoms with Crippen molar-refractivity contribution in [2.45, 2.75) is 19.9 Å². The van der Waals surface area contributed by atoms with Crippen LogP contribution >= 0.6 is 27.5 Å². The van der Waals surface area contributed by atoms with E-state index < -0.39 is 0 Å². The zero-order valence-electron chi connectivity index (χ0n) is 11.6. The second-order valence-corrected chi connectivity index (χ2v) is 6.11. The van der Waals surface area contributed by atoms with Gasteiger partial charge >= 0.3 is 0 Å². The molecule has 0 aliphatic heterocycles. The lowest BCUT2D eigenvalue weighted by atomic mass is 9.93. The van der Waals surface area contributed by atoms with Crippen LogP contribution in [0.15, 0.2) is 34.8 Å². The lowest BCUT2D eigenvalue weighted by Gasteiger charge is -2.21. The van der Waals surface area contributed by atoms with E-state index in [2.05, 4.69) is 27.3 Å². The number of rotatable bonds is 3. The van der Waals surface area contributed by atoms with Crippen molar-refractivity contribution in [3.05, 3.63) is 67.9 Å². The van der Waals surface area contributed by atoms with Crippen LogP contribution in [-0.4, -0.2) is 7.05 Å². The molecule has 0 fully saturated rings. The number of hydrogen-bond acceptors (Lipinski definition) is 1. The fourth-order valence-corrected chi connectivity index (χ4v) is 2.92. The predicted molar refractivity (Wildman–Crippen MR) is 85.9 cm³/mol. The number of nitrogens with one attached hydrogen (secondary N) is 1. The van der Waals surface area contributed by atoms with Crippen LogP contribution in [0.1, 0.15) is 28.3 Å². The first kappa shape index (κ1) is 15.5. The van der Waals surface area contributed by atoms with Crippen molar-refractivity contribution in [2.75, 3.05) is 7.05 Å². The van der Waals surface area contributed by atoms with Crippen LogP contribution < -0.4 is 5.32 Å². The molecule has 0 amide bonds. The van der Waals surface area contributed by atoms with Crippen molar-refractivity contribution in [3.63, 3.8) is 0 Å². The summed E-state index contributed by atoms with van der Waals surface area (Å²) in [5.74, 6) is -0.257. The molecule has 20 heavy (non-hydrogen) atoms. The zero-order valence-corrected chi connectivity index (χ0v) is 13.9. The van der Waals surface area contributed by atoms with Crippen LogP contribution in [-0.2, 0) is 0 Å². The van der Waals surface area contributed by atoms with Crippen LogP contribution in [0.3, 0.4) is 0 Å². The van der Waals surface area contributed by atoms with Gasteiger partial charge in [-0.1, -0.05) is 23.7 Å². The predicted octanol–water partition coefficient (Wildman–Crippen LogP) is 5.17. The highest BCUT2D eigenvalue weighted by atomic mass is 79.9. The molecular formula is C16H16BrClFN. The zero-order chi connectivity index (χ0) is 14.9. The molecule has 0 aliphatic rings. The highest BCUT2D eigenvalue weighted by Crippen LogP contribution is 2.30. The van der Waals surface area contributed by atoms with Crippen molar-refractivity contribution in [3.8, 4) is 0 Å². The highest BCUT2D eigenvalue weighted by molar-refractivity contribution is 9.10. The van der Waals surface area contributed by atoms with Gasteiger partial charge in [-0.05, 0) is 77.3 Å². The minimum Gasteiger partial charge on any atom is -0.309 e. The molecule has 2 rings (SSSR count). The number of halogens is 3. The van der Waals surface area contributed by atoms with E-state index in [0.717, 1.165) is 27.3 Å². The summed E-state index contributed by atoms with van der Waals surface area (Å²) < 4.78 is 13.9. The van der Waals surface area contributed by atoms with E-state index in [0.29, 0.717) is 4.47 Å². The molecule has 2 aromatic carbocycles. The Balaban J connectivity index is 2.52. The maximum Gasteiger partial charge on any atom is 0.137 e. The van der Waals surface area contributed by atoms with E-state index in [9.17, 15) is 4.39 Å². The fourth-order valence-electron chi connectivity index (χ4n) is 2.31. The SMILES string of the molecule is CNC(c1ccc(F)c(Br)c1)c1cc(C)c(Cl)cc1C. The lowest BCUT2D eigenvalue weighted by Crippen LogP contribution is -2.19. The first-order chi connectivity index (χ1) is 9.43. The summed E-state index contributed by atoms with van der Waals surface area (Å²) in [6.45, 7) is 4.02. The Morgan fingerprint density at radius 1 is 1.15 bits per heavy atom. The van der Waals surface area contributed by atoms with Crippen molar-refractivity contribution >= 4 is 27.5 Å². The van der Waals surface area contributed by atoms with Gasteiger partial charge in [0.25, 0.3) is 0 Å². The molecule has 1 unspecified atom stereocenters. The summed E-state index contributed by atoms with van der Waals surface area (Å²) in [5, 5.41) is 4.05. The molecule has 0 heterocycles. The minimum absolute atomic E-state index is 0.00265. The normalized spacial score (nSPS) is 12.5. The summed E-state index contributed by atoms with van der Waals surface area (Å²) >= 11 is 9.39. The Bertz CT molecular complexity index is 643. The Kier molecular flexibility index (Phi) is 4.84. The van der Waals surface area contributed by atoms with E-state index >= 15 is 0 Å². The quantitative estimate of drug-likeness (QED) is 0.800. The van der Waals surface area contributed by atoms with Gasteiger partial charge in [0.15, 0.2) is 0 Å². The van der Waals surface area contributed by atoms with Gasteiger partial charge in [0.1, 0.15) is 5.82 Å². The molecule has 4 heteroatoms. The largest absolute Gasteiger partial charge is 0.309 e. The standard InChI is InChI=1S/C16H16BrClFN/c1-9-7-14(18)10(2)6-12(9)16(20-3)11-4-5-15(19)13(17)8-11/h4-8,16,20H,1-3H3. The molecule has 0 saturated carbocycles. The van der Waals surface area contributed by atoms with E-state index in [4.69, 9.17) is 11.6 Å². The minimum atomic E-state index is -0.257. The van der Waals surface area contributed by atoms with Gasteiger partial charge in [-0.25, -0.2) is 4.39 Å². The molecule has 0 radical (unpaired) electrons. The summed E-state index contributed by atoms with van der Waals surface area (Å²) in [6.07, 6.45) is 0. The molecule has 1 atom stereocenters. The van der Waals surface area contributed by atoms with Gasteiger partial charge < -0.3 is 5.32 Å². The summed E-state index contributed by atoms with van der Waals surface area (Å²) in [7, 11) is 1.89. The average Bonchev–Trinajstić information content (AvgIpc) is 2.40. The molecule has 0 aromatic heterocycles. The molecule has 0 aliphatic carbocycles. The Labute approximate surface area is 132 Å². The molecule has 0 bridgehead atoms. The summed E-state index contributed by atoms with van der Waals surface area (Å²) in [5.41, 5.74) is 4.30. The highest BCUT2D eigenvalue weighted by Gasteiger charge is 2.16. The Hall–Kier alpha value is -0.900. The van der Waals surface area contributed by atoms with E-state index in [1.807, 2.05) is 27.0 Å². The van der Waals surface area contributed by atoms with Crippen molar-refractivity contribution in [2.24, 2.45) is 0 Å². The molecule has 1 N–H and O–H groups in total. The van der Waals surface area contributed by atoms with Gasteiger partial charge in [-0.15, -0.1) is 0 Å². The monoisotopic (exact) mass is 355 g/mol. The Morgan fingerprint density at radius 3 is 2.45 bits per heavy atom. The molecule has 2 aromatic rings. The second kappa shape index (κ2) is 6.25. The first-order valence-electron chi connectivity index (χ1n) is 6.33. The van der Waals surface area contributed by atoms with E-state index in [1.165, 1.54) is 6.07 Å². The summed E-state index contributed by atoms with van der Waals surface area (Å²) in [6, 6.07) is 9.13. The van der Waals surface area contributed by atoms with Crippen molar-refractivity contribution in [1.82, 2.24) is 5.32 Å². The summed E-state index contributed by atoms with van der Waals surface area (Å²) in [4.78, 5) is 0. The molecular weight excluding hydrogens is 341 g/mol. The molecule has 106 valence electrons.